The lowest BCUT2D eigenvalue weighted by Gasteiger charge is -2.18. The van der Waals surface area contributed by atoms with Crippen molar-refractivity contribution in [3.05, 3.63) is 47.0 Å². The molecule has 2 N–H and O–H groups in total. The minimum Gasteiger partial charge on any atom is -0.507 e. The fourth-order valence-electron chi connectivity index (χ4n) is 3.54. The first-order chi connectivity index (χ1) is 16.9. The van der Waals surface area contributed by atoms with Gasteiger partial charge in [-0.15, -0.1) is 0 Å². The first-order valence-electron chi connectivity index (χ1n) is 12.5. The number of phenolic OH excluding ortho intramolecular Hbond substituents is 1. The zero-order valence-electron chi connectivity index (χ0n) is 22.7. The van der Waals surface area contributed by atoms with Gasteiger partial charge in [-0.05, 0) is 61.4 Å². The van der Waals surface area contributed by atoms with E-state index in [4.69, 9.17) is 14.2 Å². The fraction of sp³-hybridized carbons (Fsp3) is 0.517. The number of nitrogens with one attached hydrogen (secondary N) is 1. The van der Waals surface area contributed by atoms with Gasteiger partial charge in [0.1, 0.15) is 11.5 Å². The molecule has 0 spiro atoms. The summed E-state index contributed by atoms with van der Waals surface area (Å²) >= 11 is 0. The van der Waals surface area contributed by atoms with Crippen LogP contribution in [0.15, 0.2) is 30.3 Å². The molecule has 0 aromatic heterocycles. The maximum atomic E-state index is 12.5. The Labute approximate surface area is 215 Å². The van der Waals surface area contributed by atoms with E-state index in [0.29, 0.717) is 66.0 Å². The average molecular weight is 500 g/mol. The maximum absolute atomic E-state index is 12.5. The Kier molecular flexibility index (Phi) is 10.6. The number of benzene rings is 2. The summed E-state index contributed by atoms with van der Waals surface area (Å²) in [5.74, 6) is 1.77. The van der Waals surface area contributed by atoms with E-state index in [9.17, 15) is 14.7 Å². The number of rotatable bonds is 13. The number of unbranched alkanes of at least 4 members (excludes halogenated alkanes) is 1. The molecule has 0 aliphatic carbocycles. The molecule has 0 bridgehead atoms. The molecule has 0 aliphatic rings. The molecule has 0 saturated heterocycles. The molecule has 0 unspecified atom stereocenters. The molecule has 0 atom stereocenters. The van der Waals surface area contributed by atoms with Crippen LogP contribution in [0.4, 0.5) is 0 Å². The lowest BCUT2D eigenvalue weighted by Crippen LogP contribution is -2.27. The second-order valence-corrected chi connectivity index (χ2v) is 10.6. The Balaban J connectivity index is 1.86. The highest BCUT2D eigenvalue weighted by Crippen LogP contribution is 2.33. The van der Waals surface area contributed by atoms with E-state index in [1.165, 1.54) is 0 Å². The fourth-order valence-corrected chi connectivity index (χ4v) is 3.54. The number of hydrogen-bond acceptors (Lipinski definition) is 6. The number of ketones is 1. The summed E-state index contributed by atoms with van der Waals surface area (Å²) in [7, 11) is 1.56. The maximum Gasteiger partial charge on any atom is 0.251 e. The van der Waals surface area contributed by atoms with E-state index >= 15 is 0 Å². The second-order valence-electron chi connectivity index (χ2n) is 10.6. The standard InChI is InChI=1S/C29H41NO6/c1-19(2)18-30-28(33)21-10-12-25(34-7)26(16-21)36-15-9-8-14-35-24-13-11-22(27(32)20(24)3)23(31)17-29(4,5)6/h10-13,16,19,32H,8-9,14-15,17-18H2,1-7H3,(H,30,33). The van der Waals surface area contributed by atoms with E-state index in [-0.39, 0.29) is 22.9 Å². The van der Waals surface area contributed by atoms with Gasteiger partial charge in [-0.25, -0.2) is 0 Å². The average Bonchev–Trinajstić information content (AvgIpc) is 2.80. The first kappa shape index (κ1) is 29.0. The summed E-state index contributed by atoms with van der Waals surface area (Å²) in [5, 5.41) is 13.4. The lowest BCUT2D eigenvalue weighted by atomic mass is 9.87. The zero-order valence-corrected chi connectivity index (χ0v) is 22.7. The van der Waals surface area contributed by atoms with Crippen LogP contribution in [0, 0.1) is 18.3 Å². The van der Waals surface area contributed by atoms with E-state index in [2.05, 4.69) is 5.32 Å². The van der Waals surface area contributed by atoms with Gasteiger partial charge in [0.25, 0.3) is 5.91 Å². The minimum atomic E-state index is -0.153. The molecule has 0 heterocycles. The zero-order chi connectivity index (χ0) is 26.9. The number of methoxy groups -OCH3 is 1. The third-order valence-corrected chi connectivity index (χ3v) is 5.52. The lowest BCUT2D eigenvalue weighted by molar-refractivity contribution is 0.0932. The molecule has 2 aromatic carbocycles. The Bertz CT molecular complexity index is 1040. The molecular formula is C29H41NO6. The quantitative estimate of drug-likeness (QED) is 0.261. The minimum absolute atomic E-state index is 0.0190. The van der Waals surface area contributed by atoms with Crippen molar-refractivity contribution >= 4 is 11.7 Å². The predicted octanol–water partition coefficient (Wildman–Crippen LogP) is 5.95. The van der Waals surface area contributed by atoms with Crippen LogP contribution in [0.1, 0.15) is 80.2 Å². The predicted molar refractivity (Wildman–Crippen MR) is 142 cm³/mol. The summed E-state index contributed by atoms with van der Waals surface area (Å²) in [6, 6.07) is 8.51. The highest BCUT2D eigenvalue weighted by atomic mass is 16.5. The van der Waals surface area contributed by atoms with Crippen molar-refractivity contribution in [1.29, 1.82) is 0 Å². The molecule has 7 nitrogen and oxygen atoms in total. The Morgan fingerprint density at radius 1 is 0.972 bits per heavy atom. The van der Waals surface area contributed by atoms with E-state index < -0.39 is 0 Å². The van der Waals surface area contributed by atoms with Crippen LogP contribution >= 0.6 is 0 Å². The smallest absolute Gasteiger partial charge is 0.251 e. The molecule has 0 radical (unpaired) electrons. The van der Waals surface area contributed by atoms with Crippen molar-refractivity contribution in [2.45, 2.75) is 60.8 Å². The Morgan fingerprint density at radius 2 is 1.58 bits per heavy atom. The molecule has 2 rings (SSSR count). The monoisotopic (exact) mass is 499 g/mol. The molecular weight excluding hydrogens is 458 g/mol. The Morgan fingerprint density at radius 3 is 2.17 bits per heavy atom. The number of hydrogen-bond donors (Lipinski definition) is 2. The van der Waals surface area contributed by atoms with Crippen LogP contribution in [-0.2, 0) is 0 Å². The first-order valence-corrected chi connectivity index (χ1v) is 12.5. The SMILES string of the molecule is COc1ccc(C(=O)NCC(C)C)cc1OCCCCOc1ccc(C(=O)CC(C)(C)C)c(O)c1C. The van der Waals surface area contributed by atoms with Gasteiger partial charge < -0.3 is 24.6 Å². The third-order valence-electron chi connectivity index (χ3n) is 5.52. The van der Waals surface area contributed by atoms with Gasteiger partial charge in [0.2, 0.25) is 0 Å². The highest BCUT2D eigenvalue weighted by molar-refractivity contribution is 5.99. The van der Waals surface area contributed by atoms with Gasteiger partial charge in [-0.1, -0.05) is 34.6 Å². The molecule has 7 heteroatoms. The summed E-state index contributed by atoms with van der Waals surface area (Å²) in [5.41, 5.74) is 1.26. The van der Waals surface area contributed by atoms with E-state index in [0.717, 1.165) is 12.8 Å². The number of Topliss-reactive ketones (excluding diaryl/α,β-unsaturated/α-hetero) is 1. The molecule has 0 fully saturated rings. The summed E-state index contributed by atoms with van der Waals surface area (Å²) in [6.07, 6.45) is 1.80. The second kappa shape index (κ2) is 13.2. The number of ether oxygens (including phenoxy) is 3. The van der Waals surface area contributed by atoms with Crippen LogP contribution in [0.5, 0.6) is 23.0 Å². The molecule has 0 aliphatic heterocycles. The topological polar surface area (TPSA) is 94.1 Å². The van der Waals surface area contributed by atoms with Gasteiger partial charge in [-0.2, -0.15) is 0 Å². The normalized spacial score (nSPS) is 11.3. The van der Waals surface area contributed by atoms with Gasteiger partial charge in [-0.3, -0.25) is 9.59 Å². The van der Waals surface area contributed by atoms with E-state index in [1.54, 1.807) is 44.4 Å². The number of carbonyl (C=O) groups is 2. The van der Waals surface area contributed by atoms with Crippen LogP contribution in [0.3, 0.4) is 0 Å². The van der Waals surface area contributed by atoms with E-state index in [1.807, 2.05) is 34.6 Å². The summed E-state index contributed by atoms with van der Waals surface area (Å²) < 4.78 is 17.1. The van der Waals surface area contributed by atoms with Crippen LogP contribution < -0.4 is 19.5 Å². The van der Waals surface area contributed by atoms with Crippen LogP contribution in [-0.4, -0.2) is 43.7 Å². The molecule has 198 valence electrons. The molecule has 2 aromatic rings. The molecule has 36 heavy (non-hydrogen) atoms. The van der Waals surface area contributed by atoms with Crippen molar-refractivity contribution in [3.8, 4) is 23.0 Å². The van der Waals surface area contributed by atoms with Gasteiger partial charge in [0.15, 0.2) is 17.3 Å². The molecule has 0 saturated carbocycles. The number of amides is 1. The Hall–Kier alpha value is -3.22. The largest absolute Gasteiger partial charge is 0.507 e. The summed E-state index contributed by atoms with van der Waals surface area (Å²) in [6.45, 7) is 13.3. The number of carbonyl (C=O) groups excluding carboxylic acids is 2. The van der Waals surface area contributed by atoms with Crippen molar-refractivity contribution in [2.24, 2.45) is 11.3 Å². The number of phenols is 1. The van der Waals surface area contributed by atoms with Gasteiger partial charge >= 0.3 is 0 Å². The number of aromatic hydroxyl groups is 1. The third kappa shape index (κ3) is 8.77. The molecule has 1 amide bonds. The van der Waals surface area contributed by atoms with Crippen molar-refractivity contribution in [1.82, 2.24) is 5.32 Å². The van der Waals surface area contributed by atoms with Crippen molar-refractivity contribution in [2.75, 3.05) is 26.9 Å². The van der Waals surface area contributed by atoms with Crippen LogP contribution in [0.25, 0.3) is 0 Å². The van der Waals surface area contributed by atoms with Gasteiger partial charge in [0, 0.05) is 24.1 Å². The van der Waals surface area contributed by atoms with Crippen LogP contribution in [0.2, 0.25) is 0 Å². The van der Waals surface area contributed by atoms with Gasteiger partial charge in [0.05, 0.1) is 25.9 Å². The van der Waals surface area contributed by atoms with Crippen molar-refractivity contribution < 1.29 is 28.9 Å². The summed E-state index contributed by atoms with van der Waals surface area (Å²) in [4.78, 5) is 24.9. The van der Waals surface area contributed by atoms with Crippen molar-refractivity contribution in [3.63, 3.8) is 0 Å². The highest BCUT2D eigenvalue weighted by Gasteiger charge is 2.21.